The molecule has 2 fully saturated rings. The number of hydrogen-bond donors (Lipinski definition) is 1. The molecule has 0 unspecified atom stereocenters. The fourth-order valence-electron chi connectivity index (χ4n) is 2.85. The second-order valence-corrected chi connectivity index (χ2v) is 6.56. The number of piperidine rings is 1. The van der Waals surface area contributed by atoms with Crippen molar-refractivity contribution in [1.82, 2.24) is 10.3 Å². The maximum atomic E-state index is 9.02. The van der Waals surface area contributed by atoms with Crippen molar-refractivity contribution in [2.24, 2.45) is 5.92 Å². The van der Waals surface area contributed by atoms with Crippen molar-refractivity contribution in [2.75, 3.05) is 24.5 Å². The first-order valence-corrected chi connectivity index (χ1v) is 8.10. The first-order valence-electron chi connectivity index (χ1n) is 7.73. The van der Waals surface area contributed by atoms with Crippen LogP contribution in [0.2, 0.25) is 5.02 Å². The Hall–Kier alpha value is -1.31. The van der Waals surface area contributed by atoms with Crippen LogP contribution in [0.5, 0.6) is 0 Å². The van der Waals surface area contributed by atoms with Crippen LogP contribution in [0.25, 0.3) is 0 Å². The fraction of sp³-hybridized carbons (Fsp3) is 0.625. The molecule has 1 saturated carbocycles. The average Bonchev–Trinajstić information content (AvgIpc) is 3.32. The normalized spacial score (nSPS) is 19.6. The number of hydrogen-bond acceptors (Lipinski definition) is 4. The van der Waals surface area contributed by atoms with Gasteiger partial charge in [0.25, 0.3) is 0 Å². The third-order valence-electron chi connectivity index (χ3n) is 4.46. The van der Waals surface area contributed by atoms with E-state index in [1.807, 2.05) is 6.92 Å². The zero-order chi connectivity index (χ0) is 14.8. The lowest BCUT2D eigenvalue weighted by Gasteiger charge is -2.34. The minimum Gasteiger partial charge on any atom is -0.355 e. The average molecular weight is 305 g/mol. The van der Waals surface area contributed by atoms with Crippen LogP contribution in [0.3, 0.4) is 0 Å². The number of aromatic nitrogens is 1. The summed E-state index contributed by atoms with van der Waals surface area (Å²) in [6.45, 7) is 4.99. The molecular weight excluding hydrogens is 284 g/mol. The van der Waals surface area contributed by atoms with Crippen molar-refractivity contribution < 1.29 is 0 Å². The van der Waals surface area contributed by atoms with Gasteiger partial charge in [-0.2, -0.15) is 5.26 Å². The van der Waals surface area contributed by atoms with Gasteiger partial charge < -0.3 is 10.2 Å². The molecule has 1 N–H and O–H groups in total. The quantitative estimate of drug-likeness (QED) is 0.929. The standard InChI is InChI=1S/C16H21ClN4/c1-11-13(9-18)8-15(17)16(20-11)21-6-4-14(5-7-21)19-10-12-2-3-12/h8,12,14,19H,2-7,10H2,1H3. The van der Waals surface area contributed by atoms with Gasteiger partial charge in [0.2, 0.25) is 0 Å². The molecule has 2 aliphatic rings. The van der Waals surface area contributed by atoms with Crippen LogP contribution in [0.1, 0.15) is 36.9 Å². The molecule has 1 aliphatic heterocycles. The molecule has 2 heterocycles. The van der Waals surface area contributed by atoms with Gasteiger partial charge in [0.05, 0.1) is 16.3 Å². The molecule has 21 heavy (non-hydrogen) atoms. The van der Waals surface area contributed by atoms with Crippen LogP contribution >= 0.6 is 11.6 Å². The number of halogens is 1. The number of anilines is 1. The topological polar surface area (TPSA) is 52.0 Å². The SMILES string of the molecule is Cc1nc(N2CCC(NCC3CC3)CC2)c(Cl)cc1C#N. The van der Waals surface area contributed by atoms with Crippen molar-refractivity contribution in [3.63, 3.8) is 0 Å². The minimum absolute atomic E-state index is 0.560. The highest BCUT2D eigenvalue weighted by molar-refractivity contribution is 6.33. The van der Waals surface area contributed by atoms with Crippen LogP contribution in [0, 0.1) is 24.2 Å². The molecule has 5 heteroatoms. The summed E-state index contributed by atoms with van der Waals surface area (Å²) in [4.78, 5) is 6.77. The molecule has 1 aromatic heterocycles. The van der Waals surface area contributed by atoms with E-state index in [1.54, 1.807) is 6.07 Å². The third kappa shape index (κ3) is 3.48. The van der Waals surface area contributed by atoms with E-state index in [0.29, 0.717) is 16.6 Å². The number of nitrogens with zero attached hydrogens (tertiary/aromatic N) is 3. The number of nitriles is 1. The summed E-state index contributed by atoms with van der Waals surface area (Å²) < 4.78 is 0. The predicted molar refractivity (Wildman–Crippen MR) is 84.7 cm³/mol. The fourth-order valence-corrected chi connectivity index (χ4v) is 3.12. The van der Waals surface area contributed by atoms with Crippen molar-refractivity contribution >= 4 is 17.4 Å². The maximum Gasteiger partial charge on any atom is 0.147 e. The monoisotopic (exact) mass is 304 g/mol. The smallest absolute Gasteiger partial charge is 0.147 e. The van der Waals surface area contributed by atoms with Gasteiger partial charge in [-0.3, -0.25) is 0 Å². The molecule has 4 nitrogen and oxygen atoms in total. The first kappa shape index (κ1) is 14.6. The molecule has 0 atom stereocenters. The van der Waals surface area contributed by atoms with Gasteiger partial charge in [-0.25, -0.2) is 4.98 Å². The highest BCUT2D eigenvalue weighted by Gasteiger charge is 2.25. The molecule has 0 radical (unpaired) electrons. The number of rotatable bonds is 4. The van der Waals surface area contributed by atoms with Gasteiger partial charge in [-0.05, 0) is 51.1 Å². The summed E-state index contributed by atoms with van der Waals surface area (Å²) in [5.74, 6) is 1.76. The molecule has 1 saturated heterocycles. The molecule has 0 bridgehead atoms. The second-order valence-electron chi connectivity index (χ2n) is 6.15. The van der Waals surface area contributed by atoms with E-state index in [-0.39, 0.29) is 0 Å². The number of pyridine rings is 1. The number of aryl methyl sites for hydroxylation is 1. The highest BCUT2D eigenvalue weighted by atomic mass is 35.5. The zero-order valence-electron chi connectivity index (χ0n) is 12.4. The van der Waals surface area contributed by atoms with Crippen LogP contribution in [-0.4, -0.2) is 30.7 Å². The first-order chi connectivity index (χ1) is 10.2. The second kappa shape index (κ2) is 6.21. The predicted octanol–water partition coefficient (Wildman–Crippen LogP) is 2.88. The van der Waals surface area contributed by atoms with Crippen molar-refractivity contribution in [2.45, 2.75) is 38.6 Å². The van der Waals surface area contributed by atoms with E-state index in [0.717, 1.165) is 43.4 Å². The van der Waals surface area contributed by atoms with Gasteiger partial charge in [-0.15, -0.1) is 0 Å². The Morgan fingerprint density at radius 3 is 2.71 bits per heavy atom. The highest BCUT2D eigenvalue weighted by Crippen LogP contribution is 2.30. The van der Waals surface area contributed by atoms with E-state index in [1.165, 1.54) is 19.4 Å². The lowest BCUT2D eigenvalue weighted by molar-refractivity contribution is 0.407. The van der Waals surface area contributed by atoms with E-state index < -0.39 is 0 Å². The van der Waals surface area contributed by atoms with Crippen LogP contribution in [0.4, 0.5) is 5.82 Å². The van der Waals surface area contributed by atoms with Gasteiger partial charge in [0, 0.05) is 19.1 Å². The molecule has 0 spiro atoms. The summed E-state index contributed by atoms with van der Waals surface area (Å²) in [7, 11) is 0. The van der Waals surface area contributed by atoms with Crippen LogP contribution in [0.15, 0.2) is 6.07 Å². The van der Waals surface area contributed by atoms with Gasteiger partial charge in [0.15, 0.2) is 0 Å². The van der Waals surface area contributed by atoms with E-state index >= 15 is 0 Å². The van der Waals surface area contributed by atoms with Gasteiger partial charge in [-0.1, -0.05) is 11.6 Å². The van der Waals surface area contributed by atoms with Crippen molar-refractivity contribution in [3.8, 4) is 6.07 Å². The van der Waals surface area contributed by atoms with Crippen molar-refractivity contribution in [3.05, 3.63) is 22.3 Å². The lowest BCUT2D eigenvalue weighted by Crippen LogP contribution is -2.43. The molecule has 3 rings (SSSR count). The van der Waals surface area contributed by atoms with Crippen LogP contribution < -0.4 is 10.2 Å². The summed E-state index contributed by atoms with van der Waals surface area (Å²) >= 11 is 6.29. The summed E-state index contributed by atoms with van der Waals surface area (Å²) in [6.07, 6.45) is 5.05. The molecule has 0 amide bonds. The van der Waals surface area contributed by atoms with Gasteiger partial charge in [0.1, 0.15) is 11.9 Å². The Morgan fingerprint density at radius 1 is 1.38 bits per heavy atom. The Balaban J connectivity index is 1.61. The Morgan fingerprint density at radius 2 is 2.10 bits per heavy atom. The summed E-state index contributed by atoms with van der Waals surface area (Å²) in [5.41, 5.74) is 1.32. The van der Waals surface area contributed by atoms with E-state index in [4.69, 9.17) is 16.9 Å². The molecule has 0 aromatic carbocycles. The Kier molecular flexibility index (Phi) is 4.32. The van der Waals surface area contributed by atoms with E-state index in [2.05, 4.69) is 21.3 Å². The third-order valence-corrected chi connectivity index (χ3v) is 4.73. The Bertz CT molecular complexity index is 554. The number of nitrogens with one attached hydrogen (secondary N) is 1. The van der Waals surface area contributed by atoms with Crippen molar-refractivity contribution in [1.29, 1.82) is 5.26 Å². The van der Waals surface area contributed by atoms with E-state index in [9.17, 15) is 0 Å². The lowest BCUT2D eigenvalue weighted by atomic mass is 10.0. The molecular formula is C16H21ClN4. The Labute approximate surface area is 131 Å². The summed E-state index contributed by atoms with van der Waals surface area (Å²) in [6, 6.07) is 4.49. The van der Waals surface area contributed by atoms with Crippen LogP contribution in [-0.2, 0) is 0 Å². The minimum atomic E-state index is 0.560. The van der Waals surface area contributed by atoms with Gasteiger partial charge >= 0.3 is 0 Å². The summed E-state index contributed by atoms with van der Waals surface area (Å²) in [5, 5.41) is 13.3. The molecule has 1 aromatic rings. The zero-order valence-corrected chi connectivity index (χ0v) is 13.2. The largest absolute Gasteiger partial charge is 0.355 e. The maximum absolute atomic E-state index is 9.02. The molecule has 112 valence electrons. The molecule has 1 aliphatic carbocycles.